The molecule has 0 saturated carbocycles. The number of carbonyl (C=O) groups is 1. The number of rotatable bonds is 4. The largest absolute Gasteiger partial charge is 0.496 e. The van der Waals surface area contributed by atoms with Gasteiger partial charge in [-0.15, -0.1) is 0 Å². The highest BCUT2D eigenvalue weighted by Gasteiger charge is 2.16. The fraction of sp³-hybridized carbons (Fsp3) is 0.235. The minimum Gasteiger partial charge on any atom is -0.496 e. The predicted molar refractivity (Wildman–Crippen MR) is 81.4 cm³/mol. The molecule has 0 aliphatic carbocycles. The van der Waals surface area contributed by atoms with Gasteiger partial charge in [-0.25, -0.2) is 0 Å². The molecule has 3 nitrogen and oxygen atoms in total. The van der Waals surface area contributed by atoms with Gasteiger partial charge in [0.05, 0.1) is 12.7 Å². The van der Waals surface area contributed by atoms with Crippen molar-refractivity contribution in [3.8, 4) is 5.75 Å². The summed E-state index contributed by atoms with van der Waals surface area (Å²) in [4.78, 5) is 12.6. The van der Waals surface area contributed by atoms with Crippen LogP contribution in [0.1, 0.15) is 41.3 Å². The highest BCUT2D eigenvalue weighted by atomic mass is 16.5. The molecule has 0 bridgehead atoms. The molecule has 0 unspecified atom stereocenters. The van der Waals surface area contributed by atoms with E-state index in [0.717, 1.165) is 5.56 Å². The molecule has 2 rings (SSSR count). The van der Waals surface area contributed by atoms with Gasteiger partial charge in [0.1, 0.15) is 5.75 Å². The zero-order chi connectivity index (χ0) is 14.7. The fourth-order valence-electron chi connectivity index (χ4n) is 2.10. The Bertz CT molecular complexity index is 633. The molecule has 2 aromatic carbocycles. The highest BCUT2D eigenvalue weighted by Crippen LogP contribution is 2.26. The third-order valence-corrected chi connectivity index (χ3v) is 3.28. The van der Waals surface area contributed by atoms with E-state index in [-0.39, 0.29) is 5.78 Å². The number of carbonyl (C=O) groups excluding carboxylic acids is 1. The van der Waals surface area contributed by atoms with E-state index in [4.69, 9.17) is 10.5 Å². The van der Waals surface area contributed by atoms with Crippen molar-refractivity contribution in [2.24, 2.45) is 0 Å². The van der Waals surface area contributed by atoms with E-state index in [1.807, 2.05) is 18.2 Å². The molecule has 0 aromatic heterocycles. The number of methoxy groups -OCH3 is 1. The zero-order valence-electron chi connectivity index (χ0n) is 12.0. The van der Waals surface area contributed by atoms with Gasteiger partial charge in [0.25, 0.3) is 0 Å². The first-order chi connectivity index (χ1) is 9.52. The summed E-state index contributed by atoms with van der Waals surface area (Å²) in [5.41, 5.74) is 8.57. The standard InChI is InChI=1S/C17H19NO2/c1-11(2)12-7-8-16(20-3)15(10-12)17(19)13-5-4-6-14(18)9-13/h4-11H,18H2,1-3H3. The molecule has 2 N–H and O–H groups in total. The molecule has 3 heteroatoms. The first kappa shape index (κ1) is 14.1. The van der Waals surface area contributed by atoms with Crippen LogP contribution in [0.15, 0.2) is 42.5 Å². The monoisotopic (exact) mass is 269 g/mol. The average molecular weight is 269 g/mol. The van der Waals surface area contributed by atoms with Crippen LogP contribution in [0.25, 0.3) is 0 Å². The number of anilines is 1. The molecule has 0 heterocycles. The van der Waals surface area contributed by atoms with Gasteiger partial charge >= 0.3 is 0 Å². The zero-order valence-corrected chi connectivity index (χ0v) is 12.0. The van der Waals surface area contributed by atoms with Gasteiger partial charge in [-0.2, -0.15) is 0 Å². The molecule has 104 valence electrons. The van der Waals surface area contributed by atoms with Crippen molar-refractivity contribution in [1.82, 2.24) is 0 Å². The predicted octanol–water partition coefficient (Wildman–Crippen LogP) is 3.63. The number of hydrogen-bond donors (Lipinski definition) is 1. The van der Waals surface area contributed by atoms with Crippen molar-refractivity contribution in [3.63, 3.8) is 0 Å². The Morgan fingerprint density at radius 2 is 1.90 bits per heavy atom. The highest BCUT2D eigenvalue weighted by molar-refractivity contribution is 6.11. The van der Waals surface area contributed by atoms with Crippen LogP contribution in [0.3, 0.4) is 0 Å². The number of benzene rings is 2. The van der Waals surface area contributed by atoms with Crippen LogP contribution in [0.2, 0.25) is 0 Å². The molecule has 0 radical (unpaired) electrons. The number of nitrogens with two attached hydrogens (primary N) is 1. The fourth-order valence-corrected chi connectivity index (χ4v) is 2.10. The lowest BCUT2D eigenvalue weighted by Gasteiger charge is -2.12. The van der Waals surface area contributed by atoms with E-state index in [9.17, 15) is 4.79 Å². The lowest BCUT2D eigenvalue weighted by molar-refractivity contribution is 0.103. The van der Waals surface area contributed by atoms with Crippen LogP contribution in [0.5, 0.6) is 5.75 Å². The van der Waals surface area contributed by atoms with Gasteiger partial charge in [-0.05, 0) is 35.7 Å². The van der Waals surface area contributed by atoms with Gasteiger partial charge in [0, 0.05) is 11.3 Å². The van der Waals surface area contributed by atoms with Crippen LogP contribution in [-0.2, 0) is 0 Å². The van der Waals surface area contributed by atoms with Gasteiger partial charge in [0.15, 0.2) is 5.78 Å². The van der Waals surface area contributed by atoms with Crippen LogP contribution >= 0.6 is 0 Å². The third kappa shape index (κ3) is 2.82. The Kier molecular flexibility index (Phi) is 4.08. The second-order valence-electron chi connectivity index (χ2n) is 5.07. The van der Waals surface area contributed by atoms with Gasteiger partial charge in [-0.3, -0.25) is 4.79 Å². The number of hydrogen-bond acceptors (Lipinski definition) is 3. The Balaban J connectivity index is 2.49. The van der Waals surface area contributed by atoms with Gasteiger partial charge < -0.3 is 10.5 Å². The maximum absolute atomic E-state index is 12.6. The maximum Gasteiger partial charge on any atom is 0.196 e. The van der Waals surface area contributed by atoms with E-state index in [0.29, 0.717) is 28.5 Å². The summed E-state index contributed by atoms with van der Waals surface area (Å²) in [5.74, 6) is 0.867. The van der Waals surface area contributed by atoms with E-state index < -0.39 is 0 Å². The molecule has 2 aromatic rings. The smallest absolute Gasteiger partial charge is 0.196 e. The Morgan fingerprint density at radius 1 is 1.15 bits per heavy atom. The molecule has 0 atom stereocenters. The second-order valence-corrected chi connectivity index (χ2v) is 5.07. The van der Waals surface area contributed by atoms with Gasteiger partial charge in [-0.1, -0.05) is 32.0 Å². The van der Waals surface area contributed by atoms with Crippen LogP contribution in [0.4, 0.5) is 5.69 Å². The van der Waals surface area contributed by atoms with Crippen molar-refractivity contribution in [2.75, 3.05) is 12.8 Å². The Hall–Kier alpha value is -2.29. The molecule has 0 amide bonds. The number of nitrogen functional groups attached to an aromatic ring is 1. The van der Waals surface area contributed by atoms with Crippen LogP contribution in [-0.4, -0.2) is 12.9 Å². The van der Waals surface area contributed by atoms with E-state index >= 15 is 0 Å². The molecule has 0 aliphatic rings. The van der Waals surface area contributed by atoms with Crippen molar-refractivity contribution in [3.05, 3.63) is 59.2 Å². The number of ether oxygens (including phenoxy) is 1. The number of ketones is 1. The van der Waals surface area contributed by atoms with Crippen molar-refractivity contribution in [2.45, 2.75) is 19.8 Å². The summed E-state index contributed by atoms with van der Waals surface area (Å²) in [6.45, 7) is 4.19. The van der Waals surface area contributed by atoms with Crippen LogP contribution < -0.4 is 10.5 Å². The van der Waals surface area contributed by atoms with Crippen molar-refractivity contribution in [1.29, 1.82) is 0 Å². The molecule has 0 aliphatic heterocycles. The first-order valence-corrected chi connectivity index (χ1v) is 6.61. The summed E-state index contributed by atoms with van der Waals surface area (Å²) in [5, 5.41) is 0. The first-order valence-electron chi connectivity index (χ1n) is 6.61. The normalized spacial score (nSPS) is 10.6. The van der Waals surface area contributed by atoms with Crippen molar-refractivity contribution < 1.29 is 9.53 Å². The molecular weight excluding hydrogens is 250 g/mol. The summed E-state index contributed by atoms with van der Waals surface area (Å²) in [7, 11) is 1.57. The summed E-state index contributed by atoms with van der Waals surface area (Å²) in [6.07, 6.45) is 0. The van der Waals surface area contributed by atoms with Crippen LogP contribution in [0, 0.1) is 0 Å². The minimum atomic E-state index is -0.0725. The topological polar surface area (TPSA) is 52.3 Å². The Morgan fingerprint density at radius 3 is 2.50 bits per heavy atom. The SMILES string of the molecule is COc1ccc(C(C)C)cc1C(=O)c1cccc(N)c1. The Labute approximate surface area is 119 Å². The summed E-state index contributed by atoms with van der Waals surface area (Å²) in [6, 6.07) is 12.7. The molecular formula is C17H19NO2. The third-order valence-electron chi connectivity index (χ3n) is 3.28. The van der Waals surface area contributed by atoms with E-state index in [1.165, 1.54) is 0 Å². The molecule has 20 heavy (non-hydrogen) atoms. The second kappa shape index (κ2) is 5.78. The summed E-state index contributed by atoms with van der Waals surface area (Å²) >= 11 is 0. The van der Waals surface area contributed by atoms with Gasteiger partial charge in [0.2, 0.25) is 0 Å². The molecule has 0 fully saturated rings. The van der Waals surface area contributed by atoms with Crippen molar-refractivity contribution >= 4 is 11.5 Å². The molecule has 0 saturated heterocycles. The average Bonchev–Trinajstić information content (AvgIpc) is 2.45. The maximum atomic E-state index is 12.6. The summed E-state index contributed by atoms with van der Waals surface area (Å²) < 4.78 is 5.30. The minimum absolute atomic E-state index is 0.0725. The molecule has 0 spiro atoms. The lowest BCUT2D eigenvalue weighted by atomic mass is 9.96. The lowest BCUT2D eigenvalue weighted by Crippen LogP contribution is -2.06. The van der Waals surface area contributed by atoms with E-state index in [1.54, 1.807) is 31.4 Å². The quantitative estimate of drug-likeness (QED) is 0.681. The van der Waals surface area contributed by atoms with E-state index in [2.05, 4.69) is 13.8 Å².